The van der Waals surface area contributed by atoms with Crippen LogP contribution in [0.2, 0.25) is 0 Å². The summed E-state index contributed by atoms with van der Waals surface area (Å²) < 4.78 is 0. The van der Waals surface area contributed by atoms with Crippen molar-refractivity contribution < 1.29 is 10.2 Å². The molecular formula is C50H76O2S8. The molecule has 5 aliphatic heterocycles. The Morgan fingerprint density at radius 3 is 1.48 bits per heavy atom. The second-order valence-corrected chi connectivity index (χ2v) is 32.0. The molecule has 2 aromatic rings. The van der Waals surface area contributed by atoms with Crippen LogP contribution in [0.4, 0.5) is 0 Å². The van der Waals surface area contributed by atoms with Gasteiger partial charge in [0.2, 0.25) is 0 Å². The summed E-state index contributed by atoms with van der Waals surface area (Å²) >= 11 is 9.25. The molecule has 0 radical (unpaired) electrons. The van der Waals surface area contributed by atoms with E-state index in [1.807, 2.05) is 12.1 Å². The molecular weight excluding hydrogens is 889 g/mol. The molecule has 5 heterocycles. The van der Waals surface area contributed by atoms with Crippen molar-refractivity contribution in [3.63, 3.8) is 0 Å². The van der Waals surface area contributed by atoms with Gasteiger partial charge in [0.15, 0.2) is 0 Å². The van der Waals surface area contributed by atoms with Crippen LogP contribution in [0.15, 0.2) is 36.4 Å². The van der Waals surface area contributed by atoms with Crippen LogP contribution in [0.5, 0.6) is 11.5 Å². The van der Waals surface area contributed by atoms with Crippen LogP contribution in [0.3, 0.4) is 0 Å². The van der Waals surface area contributed by atoms with Crippen molar-refractivity contribution >= 4 is 90.2 Å². The molecule has 10 unspecified atom stereocenters. The third-order valence-corrected chi connectivity index (χ3v) is 25.8. The maximum Gasteiger partial charge on any atom is 0.119 e. The Labute approximate surface area is 399 Å². The Hall–Kier alpha value is 0.840. The molecule has 0 saturated carbocycles. The maximum atomic E-state index is 10.5. The predicted octanol–water partition coefficient (Wildman–Crippen LogP) is 16.2. The summed E-state index contributed by atoms with van der Waals surface area (Å²) in [6, 6.07) is 12.7. The number of aryl methyl sites for hydroxylation is 2. The molecule has 5 aliphatic rings. The third kappa shape index (κ3) is 15.5. The first-order valence-corrected chi connectivity index (χ1v) is 32.2. The molecule has 2 nitrogen and oxygen atoms in total. The molecule has 0 bridgehead atoms. The van der Waals surface area contributed by atoms with Crippen molar-refractivity contribution in [2.45, 2.75) is 220 Å². The molecule has 0 aliphatic carbocycles. The smallest absolute Gasteiger partial charge is 0.119 e. The Morgan fingerprint density at radius 1 is 0.483 bits per heavy atom. The number of hydrogen-bond acceptors (Lipinski definition) is 10. The second kappa shape index (κ2) is 23.0. The van der Waals surface area contributed by atoms with Crippen LogP contribution in [0, 0.1) is 0 Å². The summed E-state index contributed by atoms with van der Waals surface area (Å²) in [6.45, 7) is 13.0. The molecule has 0 spiro atoms. The summed E-state index contributed by atoms with van der Waals surface area (Å²) in [7, 11) is 8.92. The van der Waals surface area contributed by atoms with Crippen LogP contribution < -0.4 is 0 Å². The summed E-state index contributed by atoms with van der Waals surface area (Å²) in [5, 5.41) is 30.1. The van der Waals surface area contributed by atoms with Crippen molar-refractivity contribution in [1.82, 2.24) is 0 Å². The summed E-state index contributed by atoms with van der Waals surface area (Å²) in [4.78, 5) is 0. The summed E-state index contributed by atoms with van der Waals surface area (Å²) in [5.41, 5.74) is 4.65. The van der Waals surface area contributed by atoms with Crippen LogP contribution in [0.1, 0.15) is 167 Å². The molecule has 10 atom stereocenters. The van der Waals surface area contributed by atoms with Crippen molar-refractivity contribution in [3.8, 4) is 11.5 Å². The number of thioether (sulfide) groups is 4. The molecule has 5 fully saturated rings. The molecule has 2 N–H and O–H groups in total. The van der Waals surface area contributed by atoms with Gasteiger partial charge in [-0.1, -0.05) is 160 Å². The van der Waals surface area contributed by atoms with Gasteiger partial charge < -0.3 is 10.2 Å². The Kier molecular flexibility index (Phi) is 18.7. The number of benzene rings is 2. The van der Waals surface area contributed by atoms with Gasteiger partial charge in [-0.2, -0.15) is 47.0 Å². The number of phenols is 2. The van der Waals surface area contributed by atoms with E-state index in [0.717, 1.165) is 76.5 Å². The van der Waals surface area contributed by atoms with Crippen LogP contribution in [0.25, 0.3) is 0 Å². The lowest BCUT2D eigenvalue weighted by Crippen LogP contribution is -2.37. The Balaban J connectivity index is 0.663. The van der Waals surface area contributed by atoms with Crippen LogP contribution in [-0.4, -0.2) is 74.2 Å². The zero-order chi connectivity index (χ0) is 42.3. The fourth-order valence-electron chi connectivity index (χ4n) is 9.37. The highest BCUT2D eigenvalue weighted by molar-refractivity contribution is 8.80. The number of unbranched alkanes of at least 4 members (excludes halogenated alkanes) is 8. The van der Waals surface area contributed by atoms with Crippen molar-refractivity contribution in [3.05, 3.63) is 58.7 Å². The highest BCUT2D eigenvalue weighted by atomic mass is 33.1. The van der Waals surface area contributed by atoms with E-state index in [-0.39, 0.29) is 10.8 Å². The molecule has 7 rings (SSSR count). The van der Waals surface area contributed by atoms with Crippen molar-refractivity contribution in [2.75, 3.05) is 11.5 Å². The van der Waals surface area contributed by atoms with Crippen molar-refractivity contribution in [2.24, 2.45) is 0 Å². The van der Waals surface area contributed by atoms with Gasteiger partial charge in [-0.15, -0.1) is 0 Å². The first kappa shape index (κ1) is 48.8. The fourth-order valence-corrected chi connectivity index (χ4v) is 22.6. The van der Waals surface area contributed by atoms with Gasteiger partial charge in [-0.25, -0.2) is 0 Å². The number of hydrogen-bond donors (Lipinski definition) is 2. The SMILES string of the molecule is CC(C)(C)c1ccc(CCCCCCCC2SC2CC2CC(C3CSSCC(CC4SC4CC4SC4CCCCCCCc4ccc(C(C)(C)C)c(O)c4)SS3)S2)cc1O. The zero-order valence-corrected chi connectivity index (χ0v) is 44.1. The molecule has 2 aromatic carbocycles. The maximum absolute atomic E-state index is 10.5. The fraction of sp³-hybridized carbons (Fsp3) is 0.760. The average Bonchev–Trinajstić information content (AvgIpc) is 4.10. The van der Waals surface area contributed by atoms with Gasteiger partial charge in [-0.05, 0) is 109 Å². The predicted molar refractivity (Wildman–Crippen MR) is 283 cm³/mol. The largest absolute Gasteiger partial charge is 0.508 e. The first-order valence-electron chi connectivity index (χ1n) is 23.6. The molecule has 60 heavy (non-hydrogen) atoms. The minimum Gasteiger partial charge on any atom is -0.508 e. The molecule has 0 amide bonds. The number of phenolic OH excluding ortho intramolecular Hbond substituents is 2. The minimum absolute atomic E-state index is 0.00591. The van der Waals surface area contributed by atoms with Gasteiger partial charge in [0.25, 0.3) is 0 Å². The second-order valence-electron chi connectivity index (χ2n) is 20.6. The lowest BCUT2D eigenvalue weighted by molar-refractivity contribution is 0.445. The highest BCUT2D eigenvalue weighted by Gasteiger charge is 2.48. The monoisotopic (exact) mass is 964 g/mol. The Bertz CT molecular complexity index is 1630. The van der Waals surface area contributed by atoms with E-state index in [4.69, 9.17) is 0 Å². The van der Waals surface area contributed by atoms with Gasteiger partial charge in [0, 0.05) is 64.0 Å². The lowest BCUT2D eigenvalue weighted by Gasteiger charge is -2.40. The molecule has 10 heteroatoms. The third-order valence-electron chi connectivity index (χ3n) is 13.3. The molecule has 0 aromatic heterocycles. The normalized spacial score (nSPS) is 30.4. The van der Waals surface area contributed by atoms with Gasteiger partial charge in [0.1, 0.15) is 11.5 Å². The van der Waals surface area contributed by atoms with Crippen LogP contribution in [-0.2, 0) is 23.7 Å². The summed E-state index contributed by atoms with van der Waals surface area (Å²) in [5.74, 6) is 3.61. The van der Waals surface area contributed by atoms with Gasteiger partial charge in [-0.3, -0.25) is 0 Å². The quantitative estimate of drug-likeness (QED) is 0.0639. The topological polar surface area (TPSA) is 40.5 Å². The van der Waals surface area contributed by atoms with E-state index in [1.54, 1.807) is 0 Å². The number of aromatic hydroxyl groups is 2. The molecule has 5 saturated heterocycles. The van der Waals surface area contributed by atoms with E-state index >= 15 is 0 Å². The van der Waals surface area contributed by atoms with Gasteiger partial charge in [0.05, 0.1) is 0 Å². The lowest BCUT2D eigenvalue weighted by atomic mass is 9.85. The zero-order valence-electron chi connectivity index (χ0n) is 37.5. The first-order chi connectivity index (χ1) is 28.8. The molecule has 336 valence electrons. The van der Waals surface area contributed by atoms with Crippen molar-refractivity contribution in [1.29, 1.82) is 0 Å². The highest BCUT2D eigenvalue weighted by Crippen LogP contribution is 2.58. The standard InChI is InChI=1S/C50H76O2S8/c1-49(2,3)37-23-21-33(25-39(37)51)17-13-9-7-11-15-19-41-43(56-41)27-35-28-45(55-35)48-32-54-53-31-36(59-60-48)29-44-47(58-44)30-46-42(57-46)20-16-12-8-10-14-18-34-22-24-38(40(52)26-34)50(4,5)6/h21-26,35-36,41-48,51-52H,7-20,27-32H2,1-6H3. The van der Waals surface area contributed by atoms with Crippen LogP contribution >= 0.6 is 90.2 Å². The minimum atomic E-state index is -0.00592. The van der Waals surface area contributed by atoms with E-state index in [2.05, 4.69) is 156 Å². The van der Waals surface area contributed by atoms with Gasteiger partial charge >= 0.3 is 0 Å². The van der Waals surface area contributed by atoms with E-state index in [0.29, 0.717) is 11.5 Å². The Morgan fingerprint density at radius 2 is 0.933 bits per heavy atom. The van der Waals surface area contributed by atoms with E-state index < -0.39 is 0 Å². The van der Waals surface area contributed by atoms with E-state index in [9.17, 15) is 10.2 Å². The average molecular weight is 966 g/mol. The number of rotatable bonds is 23. The summed E-state index contributed by atoms with van der Waals surface area (Å²) in [6.07, 6.45) is 24.3. The van der Waals surface area contributed by atoms with E-state index in [1.165, 1.54) is 125 Å².